The summed E-state index contributed by atoms with van der Waals surface area (Å²) in [6, 6.07) is 9.49. The van der Waals surface area contributed by atoms with E-state index in [2.05, 4.69) is 27.5 Å². The third kappa shape index (κ3) is 4.16. The zero-order valence-electron chi connectivity index (χ0n) is 16.4. The minimum Gasteiger partial charge on any atom is -0.351 e. The summed E-state index contributed by atoms with van der Waals surface area (Å²) in [4.78, 5) is 47.1. The number of carbonyl (C=O) groups excluding carboxylic acids is 2. The molecule has 1 atom stereocenters. The number of rotatable bonds is 4. The molecule has 2 amide bonds. The van der Waals surface area contributed by atoms with Gasteiger partial charge in [-0.2, -0.15) is 4.98 Å². The molecule has 0 saturated carbocycles. The summed E-state index contributed by atoms with van der Waals surface area (Å²) in [6.45, 7) is 4.15. The Morgan fingerprint density at radius 3 is 2.66 bits per heavy atom. The molecule has 3 N–H and O–H groups in total. The molecule has 2 aliphatic heterocycles. The van der Waals surface area contributed by atoms with Gasteiger partial charge in [-0.3, -0.25) is 19.4 Å². The summed E-state index contributed by atoms with van der Waals surface area (Å²) >= 11 is 0. The first-order chi connectivity index (χ1) is 14.0. The Kier molecular flexibility index (Phi) is 5.33. The smallest absolute Gasteiger partial charge is 0.258 e. The minimum absolute atomic E-state index is 0.0705. The molecular formula is C21H25N5O3. The fourth-order valence-electron chi connectivity index (χ4n) is 3.86. The van der Waals surface area contributed by atoms with Gasteiger partial charge >= 0.3 is 0 Å². The van der Waals surface area contributed by atoms with Crippen molar-refractivity contribution in [3.05, 3.63) is 51.8 Å². The monoisotopic (exact) mass is 395 g/mol. The van der Waals surface area contributed by atoms with Crippen molar-refractivity contribution in [2.75, 3.05) is 23.3 Å². The van der Waals surface area contributed by atoms with Crippen molar-refractivity contribution in [2.45, 2.75) is 38.6 Å². The minimum atomic E-state index is -0.853. The average Bonchev–Trinajstić information content (AvgIpc) is 2.72. The molecule has 4 rings (SSSR count). The van der Waals surface area contributed by atoms with Crippen molar-refractivity contribution < 1.29 is 9.59 Å². The van der Waals surface area contributed by atoms with Gasteiger partial charge in [0, 0.05) is 26.1 Å². The molecular weight excluding hydrogens is 370 g/mol. The molecule has 2 aliphatic rings. The summed E-state index contributed by atoms with van der Waals surface area (Å²) < 4.78 is 0. The molecule has 2 aromatic rings. The Hall–Kier alpha value is -3.16. The summed E-state index contributed by atoms with van der Waals surface area (Å²) in [5, 5.41) is 5.50. The molecule has 3 heterocycles. The Labute approximate surface area is 168 Å². The molecule has 0 radical (unpaired) electrons. The molecule has 29 heavy (non-hydrogen) atoms. The van der Waals surface area contributed by atoms with Gasteiger partial charge in [0.25, 0.3) is 5.56 Å². The highest BCUT2D eigenvalue weighted by atomic mass is 16.2. The number of hydrogen-bond acceptors (Lipinski definition) is 5. The van der Waals surface area contributed by atoms with Crippen molar-refractivity contribution >= 4 is 23.6 Å². The predicted molar refractivity (Wildman–Crippen MR) is 110 cm³/mol. The van der Waals surface area contributed by atoms with Gasteiger partial charge in [0.05, 0.1) is 11.5 Å². The predicted octanol–water partition coefficient (Wildman–Crippen LogP) is 1.75. The van der Waals surface area contributed by atoms with Crippen LogP contribution < -0.4 is 21.1 Å². The maximum atomic E-state index is 12.8. The van der Waals surface area contributed by atoms with Crippen LogP contribution in [0.2, 0.25) is 0 Å². The maximum absolute atomic E-state index is 12.8. The molecule has 1 saturated heterocycles. The van der Waals surface area contributed by atoms with Crippen molar-refractivity contribution in [1.29, 1.82) is 0 Å². The molecule has 0 bridgehead atoms. The normalized spacial score (nSPS) is 19.4. The lowest BCUT2D eigenvalue weighted by Gasteiger charge is -2.31. The SMILES string of the molecule is CC1CCN(c2nc3c(c(=O)[nH]2)[C@H](C(=O)NCc2ccccc2)CC(=O)N3)CC1. The summed E-state index contributed by atoms with van der Waals surface area (Å²) in [5.41, 5.74) is 0.802. The summed E-state index contributed by atoms with van der Waals surface area (Å²) in [6.07, 6.45) is 1.98. The number of anilines is 2. The number of aromatic nitrogens is 2. The number of hydrogen-bond donors (Lipinski definition) is 3. The van der Waals surface area contributed by atoms with Crippen LogP contribution in [0.4, 0.5) is 11.8 Å². The van der Waals surface area contributed by atoms with Gasteiger partial charge in [0.1, 0.15) is 5.82 Å². The van der Waals surface area contributed by atoms with E-state index in [9.17, 15) is 14.4 Å². The molecule has 1 aromatic heterocycles. The number of nitrogens with zero attached hydrogens (tertiary/aromatic N) is 2. The van der Waals surface area contributed by atoms with Crippen LogP contribution in [-0.2, 0) is 16.1 Å². The molecule has 0 unspecified atom stereocenters. The zero-order valence-corrected chi connectivity index (χ0v) is 16.4. The van der Waals surface area contributed by atoms with Gasteiger partial charge in [0.2, 0.25) is 17.8 Å². The van der Waals surface area contributed by atoms with Crippen molar-refractivity contribution in [3.8, 4) is 0 Å². The Morgan fingerprint density at radius 2 is 1.93 bits per heavy atom. The van der Waals surface area contributed by atoms with Crippen LogP contribution in [0, 0.1) is 5.92 Å². The fourth-order valence-corrected chi connectivity index (χ4v) is 3.86. The Balaban J connectivity index is 1.56. The standard InChI is InChI=1S/C21H25N5O3/c1-13-7-9-26(10-8-13)21-24-18-17(20(29)25-21)15(11-16(27)23-18)19(28)22-12-14-5-3-2-4-6-14/h2-6,13,15H,7-12H2,1H3,(H,22,28)(H2,23,24,25,27,29)/t15-/m1/s1. The first kappa shape index (κ1) is 19.2. The Bertz CT molecular complexity index is 964. The van der Waals surface area contributed by atoms with E-state index in [0.29, 0.717) is 18.4 Å². The van der Waals surface area contributed by atoms with E-state index in [-0.39, 0.29) is 35.2 Å². The molecule has 0 aliphatic carbocycles. The van der Waals surface area contributed by atoms with Crippen molar-refractivity contribution in [2.24, 2.45) is 5.92 Å². The second-order valence-corrected chi connectivity index (χ2v) is 7.83. The third-order valence-corrected chi connectivity index (χ3v) is 5.65. The highest BCUT2D eigenvalue weighted by molar-refractivity contribution is 6.00. The molecule has 8 heteroatoms. The number of benzene rings is 1. The highest BCUT2D eigenvalue weighted by Gasteiger charge is 2.35. The molecule has 1 aromatic carbocycles. The quantitative estimate of drug-likeness (QED) is 0.731. The van der Waals surface area contributed by atoms with E-state index < -0.39 is 5.92 Å². The maximum Gasteiger partial charge on any atom is 0.258 e. The molecule has 8 nitrogen and oxygen atoms in total. The largest absolute Gasteiger partial charge is 0.351 e. The third-order valence-electron chi connectivity index (χ3n) is 5.65. The molecule has 152 valence electrons. The highest BCUT2D eigenvalue weighted by Crippen LogP contribution is 2.30. The van der Waals surface area contributed by atoms with Crippen LogP contribution in [0.1, 0.15) is 43.2 Å². The van der Waals surface area contributed by atoms with Crippen LogP contribution in [0.3, 0.4) is 0 Å². The van der Waals surface area contributed by atoms with Crippen LogP contribution in [0.25, 0.3) is 0 Å². The van der Waals surface area contributed by atoms with E-state index in [1.807, 2.05) is 35.2 Å². The number of nitrogens with one attached hydrogen (secondary N) is 3. The first-order valence-electron chi connectivity index (χ1n) is 10.0. The lowest BCUT2D eigenvalue weighted by atomic mass is 9.92. The van der Waals surface area contributed by atoms with E-state index in [1.165, 1.54) is 0 Å². The van der Waals surface area contributed by atoms with Gasteiger partial charge in [-0.05, 0) is 24.3 Å². The number of fused-ring (bicyclic) bond motifs is 1. The molecule has 1 fully saturated rings. The fraction of sp³-hybridized carbons (Fsp3) is 0.429. The van der Waals surface area contributed by atoms with Gasteiger partial charge in [-0.1, -0.05) is 37.3 Å². The van der Waals surface area contributed by atoms with Crippen LogP contribution in [0.15, 0.2) is 35.1 Å². The van der Waals surface area contributed by atoms with E-state index in [0.717, 1.165) is 31.5 Å². The van der Waals surface area contributed by atoms with Gasteiger partial charge in [0.15, 0.2) is 0 Å². The van der Waals surface area contributed by atoms with E-state index >= 15 is 0 Å². The van der Waals surface area contributed by atoms with Crippen molar-refractivity contribution in [3.63, 3.8) is 0 Å². The number of piperidine rings is 1. The van der Waals surface area contributed by atoms with Gasteiger partial charge in [-0.15, -0.1) is 0 Å². The number of carbonyl (C=O) groups is 2. The summed E-state index contributed by atoms with van der Waals surface area (Å²) in [5.74, 6) is -0.225. The Morgan fingerprint density at radius 1 is 1.21 bits per heavy atom. The lowest BCUT2D eigenvalue weighted by Crippen LogP contribution is -2.41. The van der Waals surface area contributed by atoms with E-state index in [1.54, 1.807) is 0 Å². The van der Waals surface area contributed by atoms with Crippen LogP contribution in [0.5, 0.6) is 0 Å². The summed E-state index contributed by atoms with van der Waals surface area (Å²) in [7, 11) is 0. The molecule has 0 spiro atoms. The number of aromatic amines is 1. The van der Waals surface area contributed by atoms with E-state index in [4.69, 9.17) is 0 Å². The average molecular weight is 395 g/mol. The topological polar surface area (TPSA) is 107 Å². The van der Waals surface area contributed by atoms with Crippen LogP contribution in [-0.4, -0.2) is 34.9 Å². The van der Waals surface area contributed by atoms with Gasteiger partial charge in [-0.25, -0.2) is 0 Å². The lowest BCUT2D eigenvalue weighted by molar-refractivity contribution is -0.126. The zero-order chi connectivity index (χ0) is 20.4. The number of H-pyrrole nitrogens is 1. The van der Waals surface area contributed by atoms with Crippen LogP contribution >= 0.6 is 0 Å². The van der Waals surface area contributed by atoms with Gasteiger partial charge < -0.3 is 15.5 Å². The second kappa shape index (κ2) is 8.06. The van der Waals surface area contributed by atoms with Crippen molar-refractivity contribution in [1.82, 2.24) is 15.3 Å². The number of amides is 2. The first-order valence-corrected chi connectivity index (χ1v) is 10.0. The second-order valence-electron chi connectivity index (χ2n) is 7.83.